The highest BCUT2D eigenvalue weighted by Gasteiger charge is 2.09. The summed E-state index contributed by atoms with van der Waals surface area (Å²) in [6.07, 6.45) is 0. The van der Waals surface area contributed by atoms with Gasteiger partial charge in [0, 0.05) is 9.79 Å². The summed E-state index contributed by atoms with van der Waals surface area (Å²) in [6.45, 7) is 8.43. The minimum Gasteiger partial charge on any atom is -0.142 e. The van der Waals surface area contributed by atoms with Gasteiger partial charge in [0.15, 0.2) is 0 Å². The largest absolute Gasteiger partial charge is 0.142 e. The van der Waals surface area contributed by atoms with Crippen molar-refractivity contribution in [3.8, 4) is 0 Å². The second kappa shape index (κ2) is 3.35. The summed E-state index contributed by atoms with van der Waals surface area (Å²) in [5.41, 5.74) is 5.14. The maximum Gasteiger partial charge on any atom is 0.0209 e. The Hall–Kier alpha value is -0.0800. The Morgan fingerprint density at radius 1 is 0.583 bits per heavy atom. The Morgan fingerprint density at radius 2 is 0.833 bits per heavy atom. The molecule has 0 bridgehead atoms. The molecule has 0 spiro atoms. The molecule has 66 valence electrons. The summed E-state index contributed by atoms with van der Waals surface area (Å²) >= 11 is 8.84. The molecule has 0 aromatic heterocycles. The highest BCUT2D eigenvalue weighted by Crippen LogP contribution is 2.31. The van der Waals surface area contributed by atoms with Gasteiger partial charge in [-0.05, 0) is 49.9 Å². The van der Waals surface area contributed by atoms with E-state index in [1.165, 1.54) is 22.3 Å². The number of thiol groups is 2. The lowest BCUT2D eigenvalue weighted by Crippen LogP contribution is -1.94. The Kier molecular flexibility index (Phi) is 2.79. The third-order valence-corrected chi connectivity index (χ3v) is 3.92. The van der Waals surface area contributed by atoms with Crippen molar-refractivity contribution in [1.82, 2.24) is 0 Å². The Bertz CT molecular complexity index is 222. The van der Waals surface area contributed by atoms with Crippen molar-refractivity contribution in [3.63, 3.8) is 0 Å². The average molecular weight is 198 g/mol. The van der Waals surface area contributed by atoms with Crippen LogP contribution in [0.4, 0.5) is 0 Å². The van der Waals surface area contributed by atoms with Crippen molar-refractivity contribution in [2.45, 2.75) is 37.5 Å². The van der Waals surface area contributed by atoms with Gasteiger partial charge in [0.25, 0.3) is 0 Å². The minimum absolute atomic E-state index is 1.01. The molecule has 0 atom stereocenters. The van der Waals surface area contributed by atoms with Gasteiger partial charge in [0.1, 0.15) is 0 Å². The molecule has 0 saturated heterocycles. The van der Waals surface area contributed by atoms with E-state index >= 15 is 0 Å². The van der Waals surface area contributed by atoms with E-state index in [1.807, 2.05) is 0 Å². The molecule has 0 N–H and O–H groups in total. The van der Waals surface area contributed by atoms with Crippen molar-refractivity contribution >= 4 is 25.3 Å². The maximum atomic E-state index is 4.42. The second-order valence-electron chi connectivity index (χ2n) is 3.20. The van der Waals surface area contributed by atoms with Gasteiger partial charge >= 0.3 is 0 Å². The summed E-state index contributed by atoms with van der Waals surface area (Å²) in [7, 11) is 0. The first-order chi connectivity index (χ1) is 5.46. The molecule has 1 aromatic carbocycles. The van der Waals surface area contributed by atoms with Crippen LogP contribution in [0.3, 0.4) is 0 Å². The third-order valence-electron chi connectivity index (χ3n) is 2.62. The first-order valence-corrected chi connectivity index (χ1v) is 4.84. The van der Waals surface area contributed by atoms with Crippen LogP contribution in [-0.4, -0.2) is 0 Å². The first-order valence-electron chi connectivity index (χ1n) is 3.95. The molecule has 2 heteroatoms. The maximum absolute atomic E-state index is 4.42. The van der Waals surface area contributed by atoms with E-state index in [1.54, 1.807) is 0 Å². The fourth-order valence-corrected chi connectivity index (χ4v) is 1.94. The van der Waals surface area contributed by atoms with Crippen LogP contribution in [0.1, 0.15) is 22.3 Å². The van der Waals surface area contributed by atoms with Crippen molar-refractivity contribution in [2.75, 3.05) is 0 Å². The van der Waals surface area contributed by atoms with Crippen LogP contribution < -0.4 is 0 Å². The van der Waals surface area contributed by atoms with Gasteiger partial charge in [-0.25, -0.2) is 0 Å². The Balaban J connectivity index is 3.60. The molecule has 12 heavy (non-hydrogen) atoms. The fraction of sp³-hybridized carbons (Fsp3) is 0.400. The van der Waals surface area contributed by atoms with Gasteiger partial charge in [-0.1, -0.05) is 0 Å². The molecule has 0 nitrogen and oxygen atoms in total. The van der Waals surface area contributed by atoms with Crippen LogP contribution in [0.15, 0.2) is 9.79 Å². The van der Waals surface area contributed by atoms with E-state index in [-0.39, 0.29) is 0 Å². The van der Waals surface area contributed by atoms with Crippen molar-refractivity contribution in [3.05, 3.63) is 22.3 Å². The standard InChI is InChI=1S/C10H14S2/c1-5-6(2)8(4)10(12)9(11)7(5)3/h11-12H,1-4H3. The van der Waals surface area contributed by atoms with Crippen LogP contribution in [0.5, 0.6) is 0 Å². The second-order valence-corrected chi connectivity index (χ2v) is 4.09. The average Bonchev–Trinajstić information content (AvgIpc) is 2.08. The van der Waals surface area contributed by atoms with E-state index in [0.717, 1.165) is 9.79 Å². The Labute approximate surface area is 85.2 Å². The summed E-state index contributed by atoms with van der Waals surface area (Å²) in [5.74, 6) is 0. The zero-order chi connectivity index (χ0) is 9.46. The topological polar surface area (TPSA) is 0 Å². The summed E-state index contributed by atoms with van der Waals surface area (Å²) in [4.78, 5) is 2.03. The molecule has 0 saturated carbocycles. The predicted octanol–water partition coefficient (Wildman–Crippen LogP) is 3.50. The van der Waals surface area contributed by atoms with E-state index in [4.69, 9.17) is 0 Å². The van der Waals surface area contributed by atoms with Crippen LogP contribution in [0.2, 0.25) is 0 Å². The lowest BCUT2D eigenvalue weighted by atomic mass is 9.99. The molecular formula is C10H14S2. The number of rotatable bonds is 0. The molecule has 0 heterocycles. The van der Waals surface area contributed by atoms with Gasteiger partial charge in [0.2, 0.25) is 0 Å². The summed E-state index contributed by atoms with van der Waals surface area (Å²) in [6, 6.07) is 0. The summed E-state index contributed by atoms with van der Waals surface area (Å²) < 4.78 is 0. The van der Waals surface area contributed by atoms with Gasteiger partial charge in [-0.3, -0.25) is 0 Å². The van der Waals surface area contributed by atoms with Crippen LogP contribution in [0.25, 0.3) is 0 Å². The Morgan fingerprint density at radius 3 is 1.08 bits per heavy atom. The molecule has 0 amide bonds. The SMILES string of the molecule is Cc1c(C)c(C)c(S)c(S)c1C. The smallest absolute Gasteiger partial charge is 0.0209 e. The van der Waals surface area contributed by atoms with Gasteiger partial charge < -0.3 is 0 Å². The van der Waals surface area contributed by atoms with E-state index in [2.05, 4.69) is 53.0 Å². The quantitative estimate of drug-likeness (QED) is 0.586. The third kappa shape index (κ3) is 1.38. The predicted molar refractivity (Wildman–Crippen MR) is 59.9 cm³/mol. The first kappa shape index (κ1) is 10.0. The molecule has 0 aliphatic rings. The van der Waals surface area contributed by atoms with Gasteiger partial charge in [0.05, 0.1) is 0 Å². The number of hydrogen-bond donors (Lipinski definition) is 2. The van der Waals surface area contributed by atoms with Gasteiger partial charge in [-0.2, -0.15) is 0 Å². The molecule has 1 aromatic rings. The lowest BCUT2D eigenvalue weighted by molar-refractivity contribution is 1.06. The molecule has 0 radical (unpaired) electrons. The van der Waals surface area contributed by atoms with E-state index < -0.39 is 0 Å². The number of benzene rings is 1. The summed E-state index contributed by atoms with van der Waals surface area (Å²) in [5, 5.41) is 0. The van der Waals surface area contributed by atoms with Crippen LogP contribution in [-0.2, 0) is 0 Å². The molecule has 0 aliphatic carbocycles. The highest BCUT2D eigenvalue weighted by molar-refractivity contribution is 7.83. The van der Waals surface area contributed by atoms with Crippen molar-refractivity contribution in [2.24, 2.45) is 0 Å². The van der Waals surface area contributed by atoms with E-state index in [0.29, 0.717) is 0 Å². The van der Waals surface area contributed by atoms with Crippen LogP contribution >= 0.6 is 25.3 Å². The highest BCUT2D eigenvalue weighted by atomic mass is 32.1. The molecule has 0 fully saturated rings. The van der Waals surface area contributed by atoms with Crippen molar-refractivity contribution in [1.29, 1.82) is 0 Å². The monoisotopic (exact) mass is 198 g/mol. The van der Waals surface area contributed by atoms with Gasteiger partial charge in [-0.15, -0.1) is 25.3 Å². The molecule has 0 aliphatic heterocycles. The molecule has 1 rings (SSSR count). The normalized spacial score (nSPS) is 10.5. The zero-order valence-corrected chi connectivity index (χ0v) is 9.68. The molecule has 0 unspecified atom stereocenters. The zero-order valence-electron chi connectivity index (χ0n) is 7.89. The fourth-order valence-electron chi connectivity index (χ4n) is 1.27. The number of hydrogen-bond acceptors (Lipinski definition) is 2. The van der Waals surface area contributed by atoms with Crippen LogP contribution in [0, 0.1) is 27.7 Å². The van der Waals surface area contributed by atoms with E-state index in [9.17, 15) is 0 Å². The lowest BCUT2D eigenvalue weighted by Gasteiger charge is -2.14. The molecular weight excluding hydrogens is 184 g/mol. The van der Waals surface area contributed by atoms with Crippen molar-refractivity contribution < 1.29 is 0 Å². The minimum atomic E-state index is 1.01.